The molecule has 3 heterocycles. The van der Waals surface area contributed by atoms with Gasteiger partial charge < -0.3 is 19.3 Å². The van der Waals surface area contributed by atoms with Crippen molar-refractivity contribution in [2.75, 3.05) is 49.2 Å². The molecule has 0 amide bonds. The number of ether oxygens (including phenoxy) is 2. The molecule has 3 aromatic carbocycles. The van der Waals surface area contributed by atoms with Crippen LogP contribution in [0.3, 0.4) is 0 Å². The number of rotatable bonds is 7. The number of aromatic nitrogens is 3. The van der Waals surface area contributed by atoms with Gasteiger partial charge in [-0.15, -0.1) is 0 Å². The number of halogens is 2. The third-order valence-corrected chi connectivity index (χ3v) is 7.83. The first-order valence-electron chi connectivity index (χ1n) is 13.4. The molecule has 2 aliphatic heterocycles. The fourth-order valence-electron chi connectivity index (χ4n) is 5.63. The Morgan fingerprint density at radius 2 is 1.57 bits per heavy atom. The maximum absolute atomic E-state index is 14.3. The van der Waals surface area contributed by atoms with E-state index in [9.17, 15) is 13.6 Å². The molecule has 0 saturated carbocycles. The summed E-state index contributed by atoms with van der Waals surface area (Å²) in [4.78, 5) is 16.5. The van der Waals surface area contributed by atoms with Gasteiger partial charge in [0.15, 0.2) is 0 Å². The maximum Gasteiger partial charge on any atom is 0.347 e. The quantitative estimate of drug-likeness (QED) is 0.368. The number of piperazine rings is 1. The number of anilines is 2. The molecule has 1 N–H and O–H groups in total. The van der Waals surface area contributed by atoms with E-state index in [1.54, 1.807) is 0 Å². The average Bonchev–Trinajstić information content (AvgIpc) is 3.58. The lowest BCUT2D eigenvalue weighted by Crippen LogP contribution is -2.46. The van der Waals surface area contributed by atoms with Crippen molar-refractivity contribution in [1.29, 1.82) is 0 Å². The summed E-state index contributed by atoms with van der Waals surface area (Å²) in [6.45, 7) is 6.32. The zero-order valence-electron chi connectivity index (χ0n) is 22.2. The molecule has 0 aliphatic carbocycles. The third kappa shape index (κ3) is 5.31. The second-order valence-electron chi connectivity index (χ2n) is 10.6. The van der Waals surface area contributed by atoms with Gasteiger partial charge in [0.25, 0.3) is 0 Å². The van der Waals surface area contributed by atoms with E-state index >= 15 is 0 Å². The van der Waals surface area contributed by atoms with Crippen molar-refractivity contribution < 1.29 is 18.3 Å². The van der Waals surface area contributed by atoms with Gasteiger partial charge in [0.1, 0.15) is 23.7 Å². The zero-order chi connectivity index (χ0) is 27.7. The molecule has 10 heteroatoms. The molecule has 8 nitrogen and oxygen atoms in total. The van der Waals surface area contributed by atoms with E-state index in [0.29, 0.717) is 25.2 Å². The fourth-order valence-corrected chi connectivity index (χ4v) is 5.63. The lowest BCUT2D eigenvalue weighted by Gasteiger charge is -2.37. The molecule has 2 saturated heterocycles. The first-order valence-corrected chi connectivity index (χ1v) is 13.4. The Labute approximate surface area is 230 Å². The highest BCUT2D eigenvalue weighted by atomic mass is 19.1. The second-order valence-corrected chi connectivity index (χ2v) is 10.6. The van der Waals surface area contributed by atoms with Crippen LogP contribution in [0.15, 0.2) is 77.9 Å². The van der Waals surface area contributed by atoms with E-state index in [-0.39, 0.29) is 11.6 Å². The molecular weight excluding hydrogens is 516 g/mol. The molecule has 2 aliphatic rings. The van der Waals surface area contributed by atoms with Crippen molar-refractivity contribution in [3.05, 3.63) is 101 Å². The summed E-state index contributed by atoms with van der Waals surface area (Å²) in [7, 11) is 0. The molecule has 2 fully saturated rings. The van der Waals surface area contributed by atoms with E-state index in [2.05, 4.69) is 32.1 Å². The molecular formula is C30H31F2N5O3. The van der Waals surface area contributed by atoms with Crippen LogP contribution in [-0.4, -0.2) is 54.2 Å². The second kappa shape index (κ2) is 10.8. The van der Waals surface area contributed by atoms with E-state index in [4.69, 9.17) is 9.47 Å². The Hall–Kier alpha value is -4.18. The minimum atomic E-state index is -0.793. The summed E-state index contributed by atoms with van der Waals surface area (Å²) < 4.78 is 41.1. The van der Waals surface area contributed by atoms with Gasteiger partial charge in [0.05, 0.1) is 24.5 Å². The topological polar surface area (TPSA) is 75.6 Å². The van der Waals surface area contributed by atoms with E-state index < -0.39 is 17.2 Å². The molecule has 1 unspecified atom stereocenters. The summed E-state index contributed by atoms with van der Waals surface area (Å²) in [5, 5.41) is 6.18. The minimum absolute atomic E-state index is 0.108. The van der Waals surface area contributed by atoms with Gasteiger partial charge >= 0.3 is 5.69 Å². The van der Waals surface area contributed by atoms with Crippen LogP contribution in [0.4, 0.5) is 20.2 Å². The smallest absolute Gasteiger partial charge is 0.347 e. The SMILES string of the molecule is C[C@]1(c2ccc(F)cc2F)CC(COc2ccc(N3CCN(c4ccc(-n5cn[nH]c5=O)cc4)CC3)cc2)CO1. The number of nitrogens with zero attached hydrogens (tertiary/aromatic N) is 4. The van der Waals surface area contributed by atoms with Crippen molar-refractivity contribution in [2.24, 2.45) is 5.92 Å². The van der Waals surface area contributed by atoms with Gasteiger partial charge in [-0.2, -0.15) is 5.10 Å². The Morgan fingerprint density at radius 1 is 0.950 bits per heavy atom. The summed E-state index contributed by atoms with van der Waals surface area (Å²) in [6, 6.07) is 19.7. The highest BCUT2D eigenvalue weighted by Gasteiger charge is 2.40. The van der Waals surface area contributed by atoms with E-state index in [0.717, 1.165) is 55.1 Å². The summed E-state index contributed by atoms with van der Waals surface area (Å²) in [6.07, 6.45) is 2.08. The first kappa shape index (κ1) is 26.1. The molecule has 0 bridgehead atoms. The van der Waals surface area contributed by atoms with Crippen LogP contribution in [0.1, 0.15) is 18.9 Å². The van der Waals surface area contributed by atoms with Crippen LogP contribution in [-0.2, 0) is 10.3 Å². The minimum Gasteiger partial charge on any atom is -0.493 e. The molecule has 40 heavy (non-hydrogen) atoms. The summed E-state index contributed by atoms with van der Waals surface area (Å²) >= 11 is 0. The van der Waals surface area contributed by atoms with Crippen molar-refractivity contribution in [3.63, 3.8) is 0 Å². The first-order chi connectivity index (χ1) is 19.4. The molecule has 2 atom stereocenters. The van der Waals surface area contributed by atoms with Crippen LogP contribution in [0.2, 0.25) is 0 Å². The van der Waals surface area contributed by atoms with Crippen LogP contribution in [0.5, 0.6) is 5.75 Å². The Kier molecular flexibility index (Phi) is 7.02. The van der Waals surface area contributed by atoms with Crippen LogP contribution >= 0.6 is 0 Å². The van der Waals surface area contributed by atoms with E-state index in [1.807, 2.05) is 43.3 Å². The van der Waals surface area contributed by atoms with Gasteiger partial charge in [0, 0.05) is 55.1 Å². The number of aromatic amines is 1. The van der Waals surface area contributed by atoms with Crippen molar-refractivity contribution in [2.45, 2.75) is 18.9 Å². The highest BCUT2D eigenvalue weighted by molar-refractivity contribution is 5.54. The standard InChI is InChI=1S/C30H31F2N5O3/c1-30(27-11-2-22(31)16-28(27)32)17-21(19-40-30)18-39-26-9-7-24(8-10-26)36-14-12-35(13-15-36)23-3-5-25(6-4-23)37-20-33-34-29(37)38/h2-11,16,20-21H,12-15,17-19H2,1H3,(H,34,38)/t21?,30-/m1/s1. The molecule has 0 radical (unpaired) electrons. The van der Waals surface area contributed by atoms with Crippen molar-refractivity contribution in [3.8, 4) is 11.4 Å². The third-order valence-electron chi connectivity index (χ3n) is 7.83. The molecule has 0 spiro atoms. The van der Waals surface area contributed by atoms with Crippen molar-refractivity contribution >= 4 is 11.4 Å². The number of nitrogens with one attached hydrogen (secondary N) is 1. The van der Waals surface area contributed by atoms with Gasteiger partial charge in [-0.1, -0.05) is 6.07 Å². The van der Waals surface area contributed by atoms with Gasteiger partial charge in [-0.3, -0.25) is 0 Å². The predicted molar refractivity (Wildman–Crippen MR) is 148 cm³/mol. The van der Waals surface area contributed by atoms with Crippen LogP contribution in [0.25, 0.3) is 5.69 Å². The largest absolute Gasteiger partial charge is 0.493 e. The van der Waals surface area contributed by atoms with Crippen molar-refractivity contribution in [1.82, 2.24) is 14.8 Å². The Morgan fingerprint density at radius 3 is 2.17 bits per heavy atom. The maximum atomic E-state index is 14.3. The lowest BCUT2D eigenvalue weighted by atomic mass is 9.89. The zero-order valence-corrected chi connectivity index (χ0v) is 22.2. The number of benzene rings is 3. The summed E-state index contributed by atoms with van der Waals surface area (Å²) in [5.74, 6) is -0.288. The number of H-pyrrole nitrogens is 1. The molecule has 1 aromatic heterocycles. The van der Waals surface area contributed by atoms with Crippen LogP contribution < -0.4 is 20.2 Å². The molecule has 4 aromatic rings. The number of hydrogen-bond donors (Lipinski definition) is 1. The predicted octanol–water partition coefficient (Wildman–Crippen LogP) is 4.50. The van der Waals surface area contributed by atoms with Gasteiger partial charge in [-0.05, 0) is 67.9 Å². The fraction of sp³-hybridized carbons (Fsp3) is 0.333. The van der Waals surface area contributed by atoms with Gasteiger partial charge in [0.2, 0.25) is 0 Å². The average molecular weight is 548 g/mol. The Bertz CT molecular complexity index is 1510. The molecule has 6 rings (SSSR count). The monoisotopic (exact) mass is 547 g/mol. The normalized spacial score (nSPS) is 21.1. The van der Waals surface area contributed by atoms with E-state index in [1.165, 1.54) is 23.0 Å². The van der Waals surface area contributed by atoms with Gasteiger partial charge in [-0.25, -0.2) is 23.2 Å². The molecule has 208 valence electrons. The van der Waals surface area contributed by atoms with Crippen LogP contribution in [0, 0.1) is 17.6 Å². The highest BCUT2D eigenvalue weighted by Crippen LogP contribution is 2.40. The number of hydrogen-bond acceptors (Lipinski definition) is 6. The Balaban J connectivity index is 0.993. The lowest BCUT2D eigenvalue weighted by molar-refractivity contribution is 0.0121. The summed E-state index contributed by atoms with van der Waals surface area (Å²) in [5.41, 5.74) is 2.37.